The largest absolute Gasteiger partial charge is 0.478 e. The highest BCUT2D eigenvalue weighted by Gasteiger charge is 2.09. The number of hydrogen-bond donors (Lipinski definition) is 1. The van der Waals surface area contributed by atoms with E-state index in [1.54, 1.807) is 12.1 Å². The number of allylic oxidation sites excluding steroid dienone is 1. The number of carbonyl (C=O) groups is 2. The number of carboxylic acids is 1. The van der Waals surface area contributed by atoms with Crippen LogP contribution in [0.25, 0.3) is 0 Å². The van der Waals surface area contributed by atoms with E-state index in [-0.39, 0.29) is 15.6 Å². The summed E-state index contributed by atoms with van der Waals surface area (Å²) >= 11 is 11.5. The van der Waals surface area contributed by atoms with Crippen LogP contribution >= 0.6 is 23.2 Å². The number of halogens is 2. The summed E-state index contributed by atoms with van der Waals surface area (Å²) in [6.07, 6.45) is 1.68. The zero-order valence-electron chi connectivity index (χ0n) is 7.41. The summed E-state index contributed by atoms with van der Waals surface area (Å²) in [6, 6.07) is 4.58. The highest BCUT2D eigenvalue weighted by atomic mass is 35.5. The fraction of sp³-hybridized carbons (Fsp3) is 0. The average Bonchev–Trinajstić information content (AvgIpc) is 2.18. The maximum absolute atomic E-state index is 11.4. The Morgan fingerprint density at radius 3 is 2.47 bits per heavy atom. The highest BCUT2D eigenvalue weighted by Crippen LogP contribution is 2.25. The Balaban J connectivity index is 3.02. The molecule has 1 aromatic carbocycles. The molecule has 5 heteroatoms. The quantitative estimate of drug-likeness (QED) is 0.658. The Morgan fingerprint density at radius 2 is 1.87 bits per heavy atom. The molecule has 78 valence electrons. The van der Waals surface area contributed by atoms with Gasteiger partial charge in [-0.25, -0.2) is 4.79 Å². The molecule has 0 aliphatic heterocycles. The van der Waals surface area contributed by atoms with Crippen molar-refractivity contribution in [3.63, 3.8) is 0 Å². The van der Waals surface area contributed by atoms with Gasteiger partial charge in [0.05, 0.1) is 10.0 Å². The van der Waals surface area contributed by atoms with Gasteiger partial charge in [-0.1, -0.05) is 29.3 Å². The van der Waals surface area contributed by atoms with Crippen molar-refractivity contribution in [2.24, 2.45) is 0 Å². The zero-order chi connectivity index (χ0) is 11.4. The summed E-state index contributed by atoms with van der Waals surface area (Å²) in [4.78, 5) is 21.6. The van der Waals surface area contributed by atoms with Crippen LogP contribution < -0.4 is 0 Å². The minimum absolute atomic E-state index is 0.124. The molecule has 0 aliphatic carbocycles. The molecule has 15 heavy (non-hydrogen) atoms. The number of ketones is 1. The Bertz CT molecular complexity index is 438. The third-order valence-corrected chi connectivity index (χ3v) is 2.41. The fourth-order valence-corrected chi connectivity index (χ4v) is 1.32. The van der Waals surface area contributed by atoms with Gasteiger partial charge in [0, 0.05) is 11.6 Å². The summed E-state index contributed by atoms with van der Waals surface area (Å²) in [7, 11) is 0. The lowest BCUT2D eigenvalue weighted by atomic mass is 10.1. The van der Waals surface area contributed by atoms with E-state index in [4.69, 9.17) is 28.3 Å². The number of carbonyl (C=O) groups excluding carboxylic acids is 1. The van der Waals surface area contributed by atoms with Crippen LogP contribution in [0.3, 0.4) is 0 Å². The second kappa shape index (κ2) is 4.96. The Labute approximate surface area is 95.9 Å². The van der Waals surface area contributed by atoms with Gasteiger partial charge in [-0.05, 0) is 18.2 Å². The third-order valence-electron chi connectivity index (χ3n) is 1.59. The van der Waals surface area contributed by atoms with Crippen LogP contribution in [0.15, 0.2) is 30.4 Å². The third kappa shape index (κ3) is 3.08. The Hall–Kier alpha value is -1.32. The molecular weight excluding hydrogens is 239 g/mol. The SMILES string of the molecule is O=C(O)C=CC(=O)c1cccc(Cl)c1Cl. The molecule has 1 aromatic rings. The van der Waals surface area contributed by atoms with E-state index in [0.29, 0.717) is 0 Å². The summed E-state index contributed by atoms with van der Waals surface area (Å²) < 4.78 is 0. The first-order valence-corrected chi connectivity index (χ1v) is 4.67. The molecule has 3 nitrogen and oxygen atoms in total. The highest BCUT2D eigenvalue weighted by molar-refractivity contribution is 6.44. The van der Waals surface area contributed by atoms with Crippen LogP contribution in [0.5, 0.6) is 0 Å². The van der Waals surface area contributed by atoms with Gasteiger partial charge in [0.1, 0.15) is 0 Å². The molecular formula is C10H6Cl2O3. The van der Waals surface area contributed by atoms with Crippen molar-refractivity contribution in [3.05, 3.63) is 46.0 Å². The van der Waals surface area contributed by atoms with Crippen LogP contribution in [-0.2, 0) is 4.79 Å². The van der Waals surface area contributed by atoms with Crippen molar-refractivity contribution in [2.45, 2.75) is 0 Å². The Morgan fingerprint density at radius 1 is 1.20 bits per heavy atom. The second-order valence-electron chi connectivity index (χ2n) is 2.64. The van der Waals surface area contributed by atoms with Gasteiger partial charge in [0.25, 0.3) is 0 Å². The molecule has 0 saturated heterocycles. The smallest absolute Gasteiger partial charge is 0.328 e. The topological polar surface area (TPSA) is 54.4 Å². The summed E-state index contributed by atoms with van der Waals surface area (Å²) in [5.74, 6) is -1.69. The molecule has 0 aromatic heterocycles. The lowest BCUT2D eigenvalue weighted by Crippen LogP contribution is -1.97. The minimum atomic E-state index is -1.19. The van der Waals surface area contributed by atoms with Gasteiger partial charge in [-0.2, -0.15) is 0 Å². The molecule has 1 rings (SSSR count). The lowest BCUT2D eigenvalue weighted by Gasteiger charge is -2.00. The number of aliphatic carboxylic acids is 1. The lowest BCUT2D eigenvalue weighted by molar-refractivity contribution is -0.131. The van der Waals surface area contributed by atoms with Crippen LogP contribution in [0.4, 0.5) is 0 Å². The number of carboxylic acid groups (broad SMARTS) is 1. The van der Waals surface area contributed by atoms with Gasteiger partial charge in [0.2, 0.25) is 0 Å². The zero-order valence-corrected chi connectivity index (χ0v) is 8.92. The number of hydrogen-bond acceptors (Lipinski definition) is 2. The van der Waals surface area contributed by atoms with Crippen LogP contribution in [0.1, 0.15) is 10.4 Å². The van der Waals surface area contributed by atoms with Crippen molar-refractivity contribution < 1.29 is 14.7 Å². The maximum Gasteiger partial charge on any atom is 0.328 e. The summed E-state index contributed by atoms with van der Waals surface area (Å²) in [6.45, 7) is 0. The molecule has 0 spiro atoms. The van der Waals surface area contributed by atoms with E-state index in [9.17, 15) is 9.59 Å². The van der Waals surface area contributed by atoms with E-state index in [1.165, 1.54) is 6.07 Å². The van der Waals surface area contributed by atoms with E-state index >= 15 is 0 Å². The van der Waals surface area contributed by atoms with Crippen molar-refractivity contribution in [3.8, 4) is 0 Å². The molecule has 0 heterocycles. The molecule has 0 amide bonds. The molecule has 0 saturated carbocycles. The van der Waals surface area contributed by atoms with E-state index in [0.717, 1.165) is 12.2 Å². The van der Waals surface area contributed by atoms with Crippen LogP contribution in [0, 0.1) is 0 Å². The molecule has 1 N–H and O–H groups in total. The second-order valence-corrected chi connectivity index (χ2v) is 3.42. The van der Waals surface area contributed by atoms with Gasteiger partial charge >= 0.3 is 5.97 Å². The monoisotopic (exact) mass is 244 g/mol. The van der Waals surface area contributed by atoms with Gasteiger partial charge < -0.3 is 5.11 Å². The normalized spacial score (nSPS) is 10.5. The predicted molar refractivity (Wildman–Crippen MR) is 57.6 cm³/mol. The minimum Gasteiger partial charge on any atom is -0.478 e. The maximum atomic E-state index is 11.4. The number of benzene rings is 1. The average molecular weight is 245 g/mol. The van der Waals surface area contributed by atoms with Crippen molar-refractivity contribution >= 4 is 35.0 Å². The number of rotatable bonds is 3. The Kier molecular flexibility index (Phi) is 3.88. The first-order chi connectivity index (χ1) is 7.02. The predicted octanol–water partition coefficient (Wildman–Crippen LogP) is 2.82. The molecule has 0 radical (unpaired) electrons. The summed E-state index contributed by atoms with van der Waals surface area (Å²) in [5.41, 5.74) is 0.182. The first kappa shape index (κ1) is 11.8. The fourth-order valence-electron chi connectivity index (χ4n) is 0.931. The van der Waals surface area contributed by atoms with E-state index in [2.05, 4.69) is 0 Å². The summed E-state index contributed by atoms with van der Waals surface area (Å²) in [5, 5.41) is 8.72. The van der Waals surface area contributed by atoms with Gasteiger partial charge in [0.15, 0.2) is 5.78 Å². The first-order valence-electron chi connectivity index (χ1n) is 3.91. The van der Waals surface area contributed by atoms with Crippen LogP contribution in [0.2, 0.25) is 10.0 Å². The van der Waals surface area contributed by atoms with Crippen LogP contribution in [-0.4, -0.2) is 16.9 Å². The molecule has 0 atom stereocenters. The molecule has 0 aliphatic rings. The van der Waals surface area contributed by atoms with Crippen molar-refractivity contribution in [1.29, 1.82) is 0 Å². The molecule has 0 fully saturated rings. The van der Waals surface area contributed by atoms with E-state index < -0.39 is 11.8 Å². The van der Waals surface area contributed by atoms with Crippen molar-refractivity contribution in [2.75, 3.05) is 0 Å². The van der Waals surface area contributed by atoms with Gasteiger partial charge in [-0.15, -0.1) is 0 Å². The molecule has 0 unspecified atom stereocenters. The van der Waals surface area contributed by atoms with E-state index in [1.807, 2.05) is 0 Å². The van der Waals surface area contributed by atoms with Gasteiger partial charge in [-0.3, -0.25) is 4.79 Å². The standard InChI is InChI=1S/C10H6Cl2O3/c11-7-3-1-2-6(10(7)12)8(13)4-5-9(14)15/h1-5H,(H,14,15). The molecule has 0 bridgehead atoms. The van der Waals surface area contributed by atoms with Crippen molar-refractivity contribution in [1.82, 2.24) is 0 Å².